The highest BCUT2D eigenvalue weighted by molar-refractivity contribution is 7.92. The molecule has 0 saturated heterocycles. The first kappa shape index (κ1) is 15.0. The molecular weight excluding hydrogens is 286 g/mol. The van der Waals surface area contributed by atoms with E-state index >= 15 is 0 Å². The Hall–Kier alpha value is -1.37. The summed E-state index contributed by atoms with van der Waals surface area (Å²) >= 11 is 0. The lowest BCUT2D eigenvalue weighted by Crippen LogP contribution is -2.25. The van der Waals surface area contributed by atoms with Crippen LogP contribution in [-0.4, -0.2) is 14.2 Å². The van der Waals surface area contributed by atoms with Crippen LogP contribution in [-0.2, 0) is 10.0 Å². The van der Waals surface area contributed by atoms with Crippen molar-refractivity contribution in [3.05, 3.63) is 23.8 Å². The molecule has 3 N–H and O–H groups in total. The van der Waals surface area contributed by atoms with Crippen LogP contribution >= 0.6 is 0 Å². The summed E-state index contributed by atoms with van der Waals surface area (Å²) in [5.74, 6) is -2.41. The van der Waals surface area contributed by atoms with Crippen LogP contribution in [0.5, 0.6) is 0 Å². The third-order valence-electron chi connectivity index (χ3n) is 3.56. The molecule has 2 rings (SSSR count). The van der Waals surface area contributed by atoms with Gasteiger partial charge in [-0.3, -0.25) is 4.72 Å². The molecule has 1 aliphatic rings. The molecule has 1 aliphatic carbocycles. The minimum atomic E-state index is -3.73. The number of hydrogen-bond donors (Lipinski definition) is 2. The Morgan fingerprint density at radius 1 is 1.20 bits per heavy atom. The minimum absolute atomic E-state index is 0.0686. The van der Waals surface area contributed by atoms with Gasteiger partial charge in [-0.25, -0.2) is 17.2 Å². The van der Waals surface area contributed by atoms with Gasteiger partial charge in [0.05, 0.1) is 11.4 Å². The van der Waals surface area contributed by atoms with E-state index in [2.05, 4.69) is 4.72 Å². The van der Waals surface area contributed by atoms with Crippen LogP contribution in [0.25, 0.3) is 0 Å². The largest absolute Gasteiger partial charge is 0.397 e. The summed E-state index contributed by atoms with van der Waals surface area (Å²) in [6.45, 7) is 0. The SMILES string of the molecule is Nc1ccc(F)c(F)c1NS(=O)(=O)CC1CCCCC1. The Morgan fingerprint density at radius 3 is 2.50 bits per heavy atom. The highest BCUT2D eigenvalue weighted by Crippen LogP contribution is 2.28. The maximum atomic E-state index is 13.6. The summed E-state index contributed by atoms with van der Waals surface area (Å²) < 4.78 is 52.8. The Kier molecular flexibility index (Phi) is 4.47. The zero-order valence-electron chi connectivity index (χ0n) is 11.0. The second-order valence-corrected chi connectivity index (χ2v) is 6.98. The standard InChI is InChI=1S/C13H18F2N2O2S/c14-10-6-7-11(16)13(12(10)15)17-20(18,19)8-9-4-2-1-3-5-9/h6-7,9,17H,1-5,8,16H2. The van der Waals surface area contributed by atoms with E-state index in [0.29, 0.717) is 0 Å². The Bertz CT molecular complexity index is 584. The number of anilines is 2. The van der Waals surface area contributed by atoms with Gasteiger partial charge in [0.1, 0.15) is 5.69 Å². The van der Waals surface area contributed by atoms with Crippen molar-refractivity contribution >= 4 is 21.4 Å². The number of sulfonamides is 1. The normalized spacial score (nSPS) is 17.1. The number of rotatable bonds is 4. The van der Waals surface area contributed by atoms with E-state index in [9.17, 15) is 17.2 Å². The van der Waals surface area contributed by atoms with Crippen molar-refractivity contribution in [3.63, 3.8) is 0 Å². The maximum Gasteiger partial charge on any atom is 0.233 e. The van der Waals surface area contributed by atoms with Crippen molar-refractivity contribution in [3.8, 4) is 0 Å². The maximum absolute atomic E-state index is 13.6. The second kappa shape index (κ2) is 5.95. The van der Waals surface area contributed by atoms with Gasteiger partial charge in [-0.15, -0.1) is 0 Å². The van der Waals surface area contributed by atoms with E-state index in [1.165, 1.54) is 0 Å². The molecule has 1 aromatic rings. The van der Waals surface area contributed by atoms with Crippen LogP contribution in [0.1, 0.15) is 32.1 Å². The van der Waals surface area contributed by atoms with Gasteiger partial charge in [0.15, 0.2) is 11.6 Å². The van der Waals surface area contributed by atoms with Crippen LogP contribution in [0, 0.1) is 17.6 Å². The van der Waals surface area contributed by atoms with Gasteiger partial charge in [0.2, 0.25) is 10.0 Å². The van der Waals surface area contributed by atoms with E-state index in [1.807, 2.05) is 0 Å². The number of halogens is 2. The Labute approximate surface area is 117 Å². The third-order valence-corrected chi connectivity index (χ3v) is 4.99. The second-order valence-electron chi connectivity index (χ2n) is 5.21. The van der Waals surface area contributed by atoms with Crippen LogP contribution in [0.2, 0.25) is 0 Å². The van der Waals surface area contributed by atoms with E-state index in [1.54, 1.807) is 0 Å². The predicted molar refractivity (Wildman–Crippen MR) is 74.8 cm³/mol. The van der Waals surface area contributed by atoms with Gasteiger partial charge < -0.3 is 5.73 Å². The molecule has 0 aromatic heterocycles. The van der Waals surface area contributed by atoms with Crippen molar-refractivity contribution in [2.45, 2.75) is 32.1 Å². The summed E-state index contributed by atoms with van der Waals surface area (Å²) in [5, 5.41) is 0. The Balaban J connectivity index is 2.14. The smallest absolute Gasteiger partial charge is 0.233 e. The van der Waals surface area contributed by atoms with Gasteiger partial charge in [-0.2, -0.15) is 0 Å². The molecule has 0 radical (unpaired) electrons. The highest BCUT2D eigenvalue weighted by Gasteiger charge is 2.23. The average molecular weight is 304 g/mol. The molecule has 0 atom stereocenters. The van der Waals surface area contributed by atoms with E-state index in [0.717, 1.165) is 44.2 Å². The average Bonchev–Trinajstić information content (AvgIpc) is 2.40. The van der Waals surface area contributed by atoms with E-state index in [-0.39, 0.29) is 17.4 Å². The van der Waals surface area contributed by atoms with Gasteiger partial charge in [-0.1, -0.05) is 19.3 Å². The molecular formula is C13H18F2N2O2S. The molecule has 7 heteroatoms. The highest BCUT2D eigenvalue weighted by atomic mass is 32.2. The quantitative estimate of drug-likeness (QED) is 0.840. The van der Waals surface area contributed by atoms with Crippen LogP contribution in [0.3, 0.4) is 0 Å². The molecule has 1 fully saturated rings. The monoisotopic (exact) mass is 304 g/mol. The molecule has 20 heavy (non-hydrogen) atoms. The fraction of sp³-hybridized carbons (Fsp3) is 0.538. The van der Waals surface area contributed by atoms with Gasteiger partial charge in [0.25, 0.3) is 0 Å². The predicted octanol–water partition coefficient (Wildman–Crippen LogP) is 2.87. The van der Waals surface area contributed by atoms with Gasteiger partial charge >= 0.3 is 0 Å². The molecule has 4 nitrogen and oxygen atoms in total. The molecule has 0 bridgehead atoms. The number of hydrogen-bond acceptors (Lipinski definition) is 3. The zero-order chi connectivity index (χ0) is 14.8. The van der Waals surface area contributed by atoms with Crippen LogP contribution in [0.4, 0.5) is 20.2 Å². The lowest BCUT2D eigenvalue weighted by atomic mass is 9.91. The van der Waals surface area contributed by atoms with Crippen LogP contribution in [0.15, 0.2) is 12.1 Å². The van der Waals surface area contributed by atoms with E-state index in [4.69, 9.17) is 5.73 Å². The lowest BCUT2D eigenvalue weighted by Gasteiger charge is -2.22. The third kappa shape index (κ3) is 3.59. The molecule has 0 aliphatic heterocycles. The summed E-state index contributed by atoms with van der Waals surface area (Å²) in [6, 6.07) is 2.00. The van der Waals surface area contributed by atoms with Crippen molar-refractivity contribution < 1.29 is 17.2 Å². The molecule has 0 amide bonds. The fourth-order valence-corrected chi connectivity index (χ4v) is 4.09. The number of nitrogens with two attached hydrogens (primary N) is 1. The summed E-state index contributed by atoms with van der Waals surface area (Å²) in [5.41, 5.74) is 4.87. The molecule has 0 heterocycles. The molecule has 112 valence electrons. The fourth-order valence-electron chi connectivity index (χ4n) is 2.53. The first-order chi connectivity index (χ1) is 9.39. The van der Waals surface area contributed by atoms with E-state index < -0.39 is 27.3 Å². The zero-order valence-corrected chi connectivity index (χ0v) is 11.8. The van der Waals surface area contributed by atoms with Gasteiger partial charge in [0, 0.05) is 0 Å². The molecule has 1 saturated carbocycles. The first-order valence-corrected chi connectivity index (χ1v) is 8.28. The summed E-state index contributed by atoms with van der Waals surface area (Å²) in [7, 11) is -3.73. The molecule has 0 unspecified atom stereocenters. The van der Waals surface area contributed by atoms with Crippen molar-refractivity contribution in [2.24, 2.45) is 5.92 Å². The van der Waals surface area contributed by atoms with Crippen molar-refractivity contribution in [1.29, 1.82) is 0 Å². The Morgan fingerprint density at radius 2 is 1.85 bits per heavy atom. The lowest BCUT2D eigenvalue weighted by molar-refractivity contribution is 0.385. The van der Waals surface area contributed by atoms with Crippen LogP contribution < -0.4 is 10.5 Å². The summed E-state index contributed by atoms with van der Waals surface area (Å²) in [6.07, 6.45) is 4.84. The number of benzene rings is 1. The van der Waals surface area contributed by atoms with Crippen molar-refractivity contribution in [1.82, 2.24) is 0 Å². The number of nitrogens with one attached hydrogen (secondary N) is 1. The van der Waals surface area contributed by atoms with Gasteiger partial charge in [-0.05, 0) is 30.9 Å². The summed E-state index contributed by atoms with van der Waals surface area (Å²) in [4.78, 5) is 0. The first-order valence-electron chi connectivity index (χ1n) is 6.63. The molecule has 0 spiro atoms. The topological polar surface area (TPSA) is 72.2 Å². The number of nitrogen functional groups attached to an aromatic ring is 1. The molecule has 1 aromatic carbocycles. The minimum Gasteiger partial charge on any atom is -0.397 e. The van der Waals surface area contributed by atoms with Crippen molar-refractivity contribution in [2.75, 3.05) is 16.2 Å².